The highest BCUT2D eigenvalue weighted by Gasteiger charge is 2.06. The first-order valence-corrected chi connectivity index (χ1v) is 7.40. The standard InChI is InChI=1S/C19H15ClN2/c20-17-9-7-8-16(14-17)15-21-22(18-10-3-1-4-11-18)19-12-5-2-6-13-19/h1-15H/b21-15+. The molecule has 0 radical (unpaired) electrons. The van der Waals surface area contributed by atoms with Gasteiger partial charge in [-0.3, -0.25) is 0 Å². The Morgan fingerprint density at radius 2 is 1.32 bits per heavy atom. The average Bonchev–Trinajstić information content (AvgIpc) is 2.57. The van der Waals surface area contributed by atoms with Crippen molar-refractivity contribution in [3.63, 3.8) is 0 Å². The molecule has 0 aliphatic heterocycles. The lowest BCUT2D eigenvalue weighted by molar-refractivity contribution is 1.09. The highest BCUT2D eigenvalue weighted by atomic mass is 35.5. The number of rotatable bonds is 4. The van der Waals surface area contributed by atoms with E-state index in [1.807, 2.05) is 96.2 Å². The number of hydrogen-bond acceptors (Lipinski definition) is 2. The van der Waals surface area contributed by atoms with Crippen LogP contribution >= 0.6 is 11.6 Å². The summed E-state index contributed by atoms with van der Waals surface area (Å²) in [6.45, 7) is 0. The number of hydrogen-bond donors (Lipinski definition) is 0. The fraction of sp³-hybridized carbons (Fsp3) is 0. The third-order valence-electron chi connectivity index (χ3n) is 3.17. The van der Waals surface area contributed by atoms with Gasteiger partial charge < -0.3 is 0 Å². The Hall–Kier alpha value is -2.58. The predicted molar refractivity (Wildman–Crippen MR) is 94.1 cm³/mol. The first-order chi connectivity index (χ1) is 10.8. The Bertz CT molecular complexity index is 715. The largest absolute Gasteiger partial charge is 0.234 e. The first-order valence-electron chi connectivity index (χ1n) is 7.03. The molecule has 0 saturated heterocycles. The van der Waals surface area contributed by atoms with Crippen LogP contribution in [0.2, 0.25) is 5.02 Å². The lowest BCUT2D eigenvalue weighted by Gasteiger charge is -2.19. The van der Waals surface area contributed by atoms with Gasteiger partial charge in [0.25, 0.3) is 0 Å². The Kier molecular flexibility index (Phi) is 4.52. The lowest BCUT2D eigenvalue weighted by atomic mass is 10.2. The van der Waals surface area contributed by atoms with Crippen molar-refractivity contribution in [1.29, 1.82) is 0 Å². The molecule has 3 aromatic rings. The maximum atomic E-state index is 6.02. The van der Waals surface area contributed by atoms with Crippen molar-refractivity contribution in [2.24, 2.45) is 5.10 Å². The maximum absolute atomic E-state index is 6.02. The molecule has 0 aromatic heterocycles. The van der Waals surface area contributed by atoms with Gasteiger partial charge in [0.2, 0.25) is 0 Å². The van der Waals surface area contributed by atoms with Crippen LogP contribution < -0.4 is 5.01 Å². The molecule has 0 amide bonds. The normalized spacial score (nSPS) is 10.8. The number of nitrogens with zero attached hydrogens (tertiary/aromatic N) is 2. The van der Waals surface area contributed by atoms with Crippen molar-refractivity contribution >= 4 is 29.2 Å². The molecule has 2 nitrogen and oxygen atoms in total. The van der Waals surface area contributed by atoms with Crippen LogP contribution in [0, 0.1) is 0 Å². The van der Waals surface area contributed by atoms with Gasteiger partial charge in [-0.25, -0.2) is 5.01 Å². The SMILES string of the molecule is Clc1cccc(/C=N/N(c2ccccc2)c2ccccc2)c1. The van der Waals surface area contributed by atoms with E-state index < -0.39 is 0 Å². The summed E-state index contributed by atoms with van der Waals surface area (Å²) in [4.78, 5) is 0. The van der Waals surface area contributed by atoms with Crippen LogP contribution in [0.1, 0.15) is 5.56 Å². The third kappa shape index (κ3) is 3.54. The zero-order valence-corrected chi connectivity index (χ0v) is 12.7. The number of para-hydroxylation sites is 2. The van der Waals surface area contributed by atoms with E-state index in [1.54, 1.807) is 0 Å². The first kappa shape index (κ1) is 14.4. The van der Waals surface area contributed by atoms with E-state index in [-0.39, 0.29) is 0 Å². The quantitative estimate of drug-likeness (QED) is 0.458. The summed E-state index contributed by atoms with van der Waals surface area (Å²) in [5.41, 5.74) is 2.98. The zero-order chi connectivity index (χ0) is 15.2. The van der Waals surface area contributed by atoms with E-state index in [0.717, 1.165) is 16.9 Å². The second-order valence-electron chi connectivity index (χ2n) is 4.78. The van der Waals surface area contributed by atoms with E-state index in [0.29, 0.717) is 5.02 Å². The van der Waals surface area contributed by atoms with Crippen molar-refractivity contribution < 1.29 is 0 Å². The second-order valence-corrected chi connectivity index (χ2v) is 5.22. The number of anilines is 2. The van der Waals surface area contributed by atoms with Crippen molar-refractivity contribution in [2.75, 3.05) is 5.01 Å². The molecule has 0 saturated carbocycles. The smallest absolute Gasteiger partial charge is 0.0652 e. The van der Waals surface area contributed by atoms with Crippen LogP contribution in [0.5, 0.6) is 0 Å². The van der Waals surface area contributed by atoms with Gasteiger partial charge in [0, 0.05) is 5.02 Å². The molecule has 0 N–H and O–H groups in total. The molecule has 0 bridgehead atoms. The van der Waals surface area contributed by atoms with Gasteiger partial charge >= 0.3 is 0 Å². The summed E-state index contributed by atoms with van der Waals surface area (Å²) in [6.07, 6.45) is 1.81. The van der Waals surface area contributed by atoms with Crippen LogP contribution in [0.4, 0.5) is 11.4 Å². The predicted octanol–water partition coefficient (Wildman–Crippen LogP) is 5.51. The molecule has 0 aliphatic carbocycles. The van der Waals surface area contributed by atoms with E-state index in [4.69, 9.17) is 11.6 Å². The topological polar surface area (TPSA) is 15.6 Å². The summed E-state index contributed by atoms with van der Waals surface area (Å²) in [5.74, 6) is 0. The van der Waals surface area contributed by atoms with Crippen LogP contribution in [0.25, 0.3) is 0 Å². The van der Waals surface area contributed by atoms with Crippen molar-refractivity contribution in [2.45, 2.75) is 0 Å². The summed E-state index contributed by atoms with van der Waals surface area (Å²) in [7, 11) is 0. The van der Waals surface area contributed by atoms with E-state index in [1.165, 1.54) is 0 Å². The summed E-state index contributed by atoms with van der Waals surface area (Å²) in [6, 6.07) is 27.7. The van der Waals surface area contributed by atoms with Crippen LogP contribution in [0.3, 0.4) is 0 Å². The second kappa shape index (κ2) is 6.92. The summed E-state index contributed by atoms with van der Waals surface area (Å²) in [5, 5.41) is 7.23. The minimum absolute atomic E-state index is 0.704. The van der Waals surface area contributed by atoms with Crippen molar-refractivity contribution in [3.05, 3.63) is 95.5 Å². The zero-order valence-electron chi connectivity index (χ0n) is 11.9. The molecule has 0 fully saturated rings. The number of benzene rings is 3. The molecular weight excluding hydrogens is 292 g/mol. The van der Waals surface area contributed by atoms with Gasteiger partial charge in [0.1, 0.15) is 0 Å². The fourth-order valence-corrected chi connectivity index (χ4v) is 2.33. The highest BCUT2D eigenvalue weighted by Crippen LogP contribution is 2.25. The lowest BCUT2D eigenvalue weighted by Crippen LogP contribution is -2.09. The summed E-state index contributed by atoms with van der Waals surface area (Å²) < 4.78 is 0. The van der Waals surface area contributed by atoms with Gasteiger partial charge in [0.15, 0.2) is 0 Å². The van der Waals surface area contributed by atoms with Crippen molar-refractivity contribution in [3.8, 4) is 0 Å². The minimum atomic E-state index is 0.704. The molecule has 0 aliphatic rings. The molecule has 3 rings (SSSR count). The number of halogens is 1. The molecule has 0 spiro atoms. The molecule has 3 aromatic carbocycles. The van der Waals surface area contributed by atoms with Crippen molar-refractivity contribution in [1.82, 2.24) is 0 Å². The van der Waals surface area contributed by atoms with Gasteiger partial charge in [-0.1, -0.05) is 60.1 Å². The Morgan fingerprint density at radius 1 is 0.727 bits per heavy atom. The molecule has 0 unspecified atom stereocenters. The molecule has 22 heavy (non-hydrogen) atoms. The fourth-order valence-electron chi connectivity index (χ4n) is 2.13. The summed E-state index contributed by atoms with van der Waals surface area (Å²) >= 11 is 6.02. The molecule has 0 heterocycles. The Labute approximate surface area is 135 Å². The third-order valence-corrected chi connectivity index (χ3v) is 3.41. The highest BCUT2D eigenvalue weighted by molar-refractivity contribution is 6.30. The molecule has 3 heteroatoms. The molecule has 108 valence electrons. The van der Waals surface area contributed by atoms with Gasteiger partial charge in [-0.05, 0) is 42.0 Å². The van der Waals surface area contributed by atoms with Gasteiger partial charge in [-0.15, -0.1) is 0 Å². The Balaban J connectivity index is 1.96. The molecule has 0 atom stereocenters. The average molecular weight is 307 g/mol. The number of hydrazone groups is 1. The monoisotopic (exact) mass is 306 g/mol. The maximum Gasteiger partial charge on any atom is 0.0652 e. The Morgan fingerprint density at radius 3 is 1.86 bits per heavy atom. The van der Waals surface area contributed by atoms with Crippen LogP contribution in [-0.4, -0.2) is 6.21 Å². The minimum Gasteiger partial charge on any atom is -0.234 e. The van der Waals surface area contributed by atoms with Crippen LogP contribution in [-0.2, 0) is 0 Å². The van der Waals surface area contributed by atoms with Crippen LogP contribution in [0.15, 0.2) is 90.0 Å². The van der Waals surface area contributed by atoms with E-state index in [9.17, 15) is 0 Å². The molecular formula is C19H15ClN2. The van der Waals surface area contributed by atoms with Gasteiger partial charge in [-0.2, -0.15) is 5.10 Å². The van der Waals surface area contributed by atoms with Gasteiger partial charge in [0.05, 0.1) is 17.6 Å². The van der Waals surface area contributed by atoms with E-state index >= 15 is 0 Å². The van der Waals surface area contributed by atoms with E-state index in [2.05, 4.69) is 5.10 Å².